The predicted molar refractivity (Wildman–Crippen MR) is 131 cm³/mol. The molecule has 9 nitrogen and oxygen atoms in total. The number of rotatable bonds is 8. The standard InChI is InChI=1S/C24H21ClFN3O6S/c1-33-17-9-16(18(34-2)8-14(17)25)28-19(30)11-36-23-13(10-27)20(12-6-4-5-7-15(12)26)21(22(31)29-23)24(32)35-3/h4-9,20-21H,11H2,1-3H3,(H,28,30)(H,29,31)/t20-,21-/m1/s1. The van der Waals surface area contributed by atoms with E-state index in [1.807, 2.05) is 6.07 Å². The Balaban J connectivity index is 1.91. The molecule has 2 N–H and O–H groups in total. The molecule has 2 aromatic rings. The number of anilines is 1. The summed E-state index contributed by atoms with van der Waals surface area (Å²) >= 11 is 6.94. The van der Waals surface area contributed by atoms with Crippen LogP contribution in [0.15, 0.2) is 47.0 Å². The predicted octanol–water partition coefficient (Wildman–Crippen LogP) is 3.61. The fourth-order valence-electron chi connectivity index (χ4n) is 3.67. The molecule has 1 aliphatic heterocycles. The highest BCUT2D eigenvalue weighted by Gasteiger charge is 2.45. The van der Waals surface area contributed by atoms with Crippen molar-refractivity contribution in [3.63, 3.8) is 0 Å². The first-order chi connectivity index (χ1) is 17.2. The van der Waals surface area contributed by atoms with Gasteiger partial charge < -0.3 is 24.8 Å². The molecule has 2 atom stereocenters. The van der Waals surface area contributed by atoms with E-state index in [0.29, 0.717) is 17.2 Å². The third-order valence-corrected chi connectivity index (χ3v) is 6.63. The highest BCUT2D eigenvalue weighted by Crippen LogP contribution is 2.41. The normalized spacial score (nSPS) is 17.1. The van der Waals surface area contributed by atoms with Crippen molar-refractivity contribution in [2.24, 2.45) is 5.92 Å². The largest absolute Gasteiger partial charge is 0.495 e. The number of carbonyl (C=O) groups excluding carboxylic acids is 3. The lowest BCUT2D eigenvalue weighted by Gasteiger charge is -2.31. The van der Waals surface area contributed by atoms with Crippen LogP contribution in [-0.2, 0) is 19.1 Å². The zero-order valence-corrected chi connectivity index (χ0v) is 21.0. The molecule has 2 aromatic carbocycles. The summed E-state index contributed by atoms with van der Waals surface area (Å²) in [6.07, 6.45) is 0. The topological polar surface area (TPSA) is 127 Å². The summed E-state index contributed by atoms with van der Waals surface area (Å²) in [6.45, 7) is 0. The van der Waals surface area contributed by atoms with Crippen molar-refractivity contribution in [2.45, 2.75) is 5.92 Å². The number of esters is 1. The molecule has 2 amide bonds. The second kappa shape index (κ2) is 11.8. The van der Waals surface area contributed by atoms with Gasteiger partial charge in [-0.05, 0) is 11.6 Å². The first-order valence-electron chi connectivity index (χ1n) is 10.4. The van der Waals surface area contributed by atoms with E-state index in [1.54, 1.807) is 0 Å². The Morgan fingerprint density at radius 3 is 2.50 bits per heavy atom. The third kappa shape index (κ3) is 5.56. The van der Waals surface area contributed by atoms with Crippen LogP contribution in [0, 0.1) is 23.1 Å². The van der Waals surface area contributed by atoms with Crippen molar-refractivity contribution in [3.8, 4) is 17.6 Å². The van der Waals surface area contributed by atoms with E-state index in [1.165, 1.54) is 50.6 Å². The molecule has 1 heterocycles. The highest BCUT2D eigenvalue weighted by molar-refractivity contribution is 8.03. The first kappa shape index (κ1) is 26.8. The average Bonchev–Trinajstić information content (AvgIpc) is 2.87. The second-order valence-corrected chi connectivity index (χ2v) is 8.76. The fraction of sp³-hybridized carbons (Fsp3) is 0.250. The van der Waals surface area contributed by atoms with Gasteiger partial charge in [-0.1, -0.05) is 41.6 Å². The van der Waals surface area contributed by atoms with Gasteiger partial charge in [0.15, 0.2) is 0 Å². The van der Waals surface area contributed by atoms with Gasteiger partial charge in [-0.25, -0.2) is 4.39 Å². The second-order valence-electron chi connectivity index (χ2n) is 7.37. The average molecular weight is 534 g/mol. The zero-order chi connectivity index (χ0) is 26.4. The Labute approximate surface area is 215 Å². The molecule has 0 fully saturated rings. The molecule has 1 aliphatic rings. The van der Waals surface area contributed by atoms with Crippen LogP contribution in [-0.4, -0.2) is 44.9 Å². The van der Waals surface area contributed by atoms with E-state index in [4.69, 9.17) is 25.8 Å². The molecule has 3 rings (SSSR count). The van der Waals surface area contributed by atoms with Gasteiger partial charge in [0.2, 0.25) is 11.8 Å². The van der Waals surface area contributed by atoms with Gasteiger partial charge in [-0.15, -0.1) is 0 Å². The molecular weight excluding hydrogens is 513 g/mol. The van der Waals surface area contributed by atoms with Gasteiger partial charge in [0.05, 0.1) is 54.5 Å². The summed E-state index contributed by atoms with van der Waals surface area (Å²) < 4.78 is 29.8. The Morgan fingerprint density at radius 1 is 1.19 bits per heavy atom. The van der Waals surface area contributed by atoms with Crippen LogP contribution >= 0.6 is 23.4 Å². The number of amides is 2. The molecule has 0 spiro atoms. The lowest BCUT2D eigenvalue weighted by atomic mass is 9.78. The van der Waals surface area contributed by atoms with Gasteiger partial charge in [0.1, 0.15) is 23.2 Å². The number of thioether (sulfide) groups is 1. The first-order valence-corrected chi connectivity index (χ1v) is 11.7. The molecular formula is C24H21ClFN3O6S. The van der Waals surface area contributed by atoms with Crippen molar-refractivity contribution in [1.82, 2.24) is 5.32 Å². The molecule has 36 heavy (non-hydrogen) atoms. The minimum absolute atomic E-state index is 0.0140. The maximum absolute atomic E-state index is 14.7. The Kier molecular flexibility index (Phi) is 8.79. The molecule has 188 valence electrons. The Bertz CT molecular complexity index is 1280. The lowest BCUT2D eigenvalue weighted by Crippen LogP contribution is -2.44. The molecule has 0 saturated carbocycles. The van der Waals surface area contributed by atoms with Gasteiger partial charge >= 0.3 is 5.97 Å². The van der Waals surface area contributed by atoms with E-state index >= 15 is 0 Å². The molecule has 0 aromatic heterocycles. The summed E-state index contributed by atoms with van der Waals surface area (Å²) in [5.41, 5.74) is 0.208. The summed E-state index contributed by atoms with van der Waals surface area (Å²) in [5.74, 6) is -5.22. The molecule has 0 aliphatic carbocycles. The van der Waals surface area contributed by atoms with Crippen molar-refractivity contribution in [2.75, 3.05) is 32.4 Å². The number of nitrogens with zero attached hydrogens (tertiary/aromatic N) is 1. The van der Waals surface area contributed by atoms with Crippen LogP contribution in [0.4, 0.5) is 10.1 Å². The van der Waals surface area contributed by atoms with Gasteiger partial charge in [0.25, 0.3) is 0 Å². The maximum atomic E-state index is 14.7. The SMILES string of the molecule is COC(=O)[C@H]1C(=O)NC(SCC(=O)Nc2cc(OC)c(Cl)cc2OC)=C(C#N)[C@H]1c1ccccc1F. The van der Waals surface area contributed by atoms with Crippen LogP contribution in [0.5, 0.6) is 11.5 Å². The maximum Gasteiger partial charge on any atom is 0.319 e. The molecule has 0 saturated heterocycles. The number of methoxy groups -OCH3 is 3. The van der Waals surface area contributed by atoms with E-state index in [2.05, 4.69) is 10.6 Å². The number of carbonyl (C=O) groups is 3. The van der Waals surface area contributed by atoms with E-state index in [0.717, 1.165) is 18.9 Å². The molecule has 0 bridgehead atoms. The van der Waals surface area contributed by atoms with Crippen LogP contribution < -0.4 is 20.1 Å². The van der Waals surface area contributed by atoms with Crippen LogP contribution in [0.2, 0.25) is 5.02 Å². The van der Waals surface area contributed by atoms with Gasteiger partial charge in [0, 0.05) is 18.1 Å². The molecule has 12 heteroatoms. The highest BCUT2D eigenvalue weighted by atomic mass is 35.5. The summed E-state index contributed by atoms with van der Waals surface area (Å²) in [7, 11) is 3.92. The third-order valence-electron chi connectivity index (χ3n) is 5.32. The number of halogens is 2. The summed E-state index contributed by atoms with van der Waals surface area (Å²) in [6, 6.07) is 10.5. The monoisotopic (exact) mass is 533 g/mol. The number of allylic oxidation sites excluding steroid dienone is 1. The Morgan fingerprint density at radius 2 is 1.89 bits per heavy atom. The molecule has 0 radical (unpaired) electrons. The minimum atomic E-state index is -1.48. The van der Waals surface area contributed by atoms with E-state index in [9.17, 15) is 24.0 Å². The number of benzene rings is 2. The van der Waals surface area contributed by atoms with Crippen molar-refractivity contribution in [1.29, 1.82) is 5.26 Å². The number of hydrogen-bond donors (Lipinski definition) is 2. The number of hydrogen-bond acceptors (Lipinski definition) is 8. The summed E-state index contributed by atoms with van der Waals surface area (Å²) in [4.78, 5) is 38.0. The fourth-order valence-corrected chi connectivity index (χ4v) is 4.74. The van der Waals surface area contributed by atoms with Crippen LogP contribution in [0.1, 0.15) is 11.5 Å². The number of nitrogens with one attached hydrogen (secondary N) is 2. The van der Waals surface area contributed by atoms with Crippen molar-refractivity contribution < 1.29 is 33.0 Å². The van der Waals surface area contributed by atoms with Gasteiger partial charge in [-0.3, -0.25) is 14.4 Å². The van der Waals surface area contributed by atoms with Crippen LogP contribution in [0.25, 0.3) is 0 Å². The lowest BCUT2D eigenvalue weighted by molar-refractivity contribution is -0.150. The smallest absolute Gasteiger partial charge is 0.319 e. The van der Waals surface area contributed by atoms with E-state index in [-0.39, 0.29) is 26.9 Å². The minimum Gasteiger partial charge on any atom is -0.495 e. The zero-order valence-electron chi connectivity index (χ0n) is 19.4. The Hall–Kier alpha value is -3.75. The number of ether oxygens (including phenoxy) is 3. The molecule has 0 unspecified atom stereocenters. The summed E-state index contributed by atoms with van der Waals surface area (Å²) in [5, 5.41) is 15.4. The van der Waals surface area contributed by atoms with Gasteiger partial charge in [-0.2, -0.15) is 5.26 Å². The number of nitriles is 1. The van der Waals surface area contributed by atoms with Crippen molar-refractivity contribution in [3.05, 3.63) is 63.4 Å². The van der Waals surface area contributed by atoms with E-state index < -0.39 is 35.4 Å². The van der Waals surface area contributed by atoms with Crippen LogP contribution in [0.3, 0.4) is 0 Å². The van der Waals surface area contributed by atoms with Crippen molar-refractivity contribution >= 4 is 46.8 Å². The quantitative estimate of drug-likeness (QED) is 0.389.